The highest BCUT2D eigenvalue weighted by molar-refractivity contribution is 5.48. The Morgan fingerprint density at radius 1 is 1.13 bits per heavy atom. The highest BCUT2D eigenvalue weighted by atomic mass is 16.5. The van der Waals surface area contributed by atoms with Crippen LogP contribution in [-0.2, 0) is 0 Å². The first-order chi connectivity index (χ1) is 7.13. The van der Waals surface area contributed by atoms with Crippen LogP contribution in [0.4, 0.5) is 0 Å². The van der Waals surface area contributed by atoms with E-state index in [1.54, 1.807) is 14.2 Å². The van der Waals surface area contributed by atoms with Crippen molar-refractivity contribution in [3.05, 3.63) is 23.3 Å². The zero-order valence-electron chi connectivity index (χ0n) is 10.3. The second-order valence-electron chi connectivity index (χ2n) is 3.87. The minimum atomic E-state index is 0.560. The van der Waals surface area contributed by atoms with Crippen molar-refractivity contribution in [3.8, 4) is 11.5 Å². The smallest absolute Gasteiger partial charge is 0.161 e. The average Bonchev–Trinajstić information content (AvgIpc) is 2.27. The summed E-state index contributed by atoms with van der Waals surface area (Å²) in [5, 5.41) is 0. The van der Waals surface area contributed by atoms with Gasteiger partial charge in [-0.1, -0.05) is 13.8 Å². The maximum Gasteiger partial charge on any atom is 0.161 e. The van der Waals surface area contributed by atoms with Gasteiger partial charge in [-0.2, -0.15) is 0 Å². The first kappa shape index (κ1) is 11.9. The molecule has 0 amide bonds. The lowest BCUT2D eigenvalue weighted by Gasteiger charge is -2.16. The molecule has 1 aromatic carbocycles. The Morgan fingerprint density at radius 2 is 1.67 bits per heavy atom. The van der Waals surface area contributed by atoms with Crippen LogP contribution in [0.1, 0.15) is 37.3 Å². The fourth-order valence-electron chi connectivity index (χ4n) is 1.75. The predicted octanol–water partition coefficient (Wildman–Crippen LogP) is 3.53. The Bertz CT molecular complexity index is 332. The van der Waals surface area contributed by atoms with Crippen molar-refractivity contribution in [2.45, 2.75) is 33.1 Å². The summed E-state index contributed by atoms with van der Waals surface area (Å²) in [5.74, 6) is 2.19. The maximum atomic E-state index is 5.30. The quantitative estimate of drug-likeness (QED) is 0.753. The standard InChI is InChI=1S/C13H20O2/c1-6-9(2)11-8-13(15-5)12(14-4)7-10(11)3/h7-9H,6H2,1-5H3. The fraction of sp³-hybridized carbons (Fsp3) is 0.538. The van der Waals surface area contributed by atoms with E-state index in [1.807, 2.05) is 6.07 Å². The predicted molar refractivity (Wildman–Crippen MR) is 63.0 cm³/mol. The Labute approximate surface area is 92.2 Å². The van der Waals surface area contributed by atoms with Crippen LogP contribution in [0.3, 0.4) is 0 Å². The van der Waals surface area contributed by atoms with Gasteiger partial charge in [-0.25, -0.2) is 0 Å². The number of rotatable bonds is 4. The van der Waals surface area contributed by atoms with Gasteiger partial charge in [0, 0.05) is 0 Å². The van der Waals surface area contributed by atoms with Gasteiger partial charge in [0.25, 0.3) is 0 Å². The lowest BCUT2D eigenvalue weighted by Crippen LogP contribution is -1.98. The molecule has 15 heavy (non-hydrogen) atoms. The van der Waals surface area contributed by atoms with Crippen LogP contribution in [-0.4, -0.2) is 14.2 Å². The summed E-state index contributed by atoms with van der Waals surface area (Å²) in [6.45, 7) is 6.54. The van der Waals surface area contributed by atoms with E-state index in [1.165, 1.54) is 11.1 Å². The van der Waals surface area contributed by atoms with E-state index in [0.29, 0.717) is 5.92 Å². The molecular formula is C13H20O2. The second kappa shape index (κ2) is 5.06. The molecule has 0 saturated heterocycles. The molecule has 2 nitrogen and oxygen atoms in total. The van der Waals surface area contributed by atoms with Gasteiger partial charge in [0.1, 0.15) is 0 Å². The molecule has 1 rings (SSSR count). The molecule has 0 N–H and O–H groups in total. The molecule has 0 bridgehead atoms. The van der Waals surface area contributed by atoms with Gasteiger partial charge in [-0.3, -0.25) is 0 Å². The van der Waals surface area contributed by atoms with Crippen LogP contribution in [0.2, 0.25) is 0 Å². The third-order valence-electron chi connectivity index (χ3n) is 2.92. The maximum absolute atomic E-state index is 5.30. The normalized spacial score (nSPS) is 12.3. The summed E-state index contributed by atoms with van der Waals surface area (Å²) >= 11 is 0. The Morgan fingerprint density at radius 3 is 2.13 bits per heavy atom. The van der Waals surface area contributed by atoms with Gasteiger partial charge in [-0.05, 0) is 42.5 Å². The largest absolute Gasteiger partial charge is 0.493 e. The van der Waals surface area contributed by atoms with E-state index in [9.17, 15) is 0 Å². The summed E-state index contributed by atoms with van der Waals surface area (Å²) in [6.07, 6.45) is 1.14. The van der Waals surface area contributed by atoms with E-state index in [4.69, 9.17) is 9.47 Å². The lowest BCUT2D eigenvalue weighted by molar-refractivity contribution is 0.354. The molecule has 1 unspecified atom stereocenters. The minimum absolute atomic E-state index is 0.560. The summed E-state index contributed by atoms with van der Waals surface area (Å²) in [7, 11) is 3.34. The zero-order chi connectivity index (χ0) is 11.4. The Kier molecular flexibility index (Phi) is 4.01. The Balaban J connectivity index is 3.19. The van der Waals surface area contributed by atoms with Crippen molar-refractivity contribution in [1.29, 1.82) is 0 Å². The molecule has 0 spiro atoms. The number of methoxy groups -OCH3 is 2. The summed E-state index contributed by atoms with van der Waals surface area (Å²) in [6, 6.07) is 4.13. The fourth-order valence-corrected chi connectivity index (χ4v) is 1.75. The summed E-state index contributed by atoms with van der Waals surface area (Å²) in [4.78, 5) is 0. The van der Waals surface area contributed by atoms with Crippen molar-refractivity contribution < 1.29 is 9.47 Å². The lowest BCUT2D eigenvalue weighted by atomic mass is 9.94. The van der Waals surface area contributed by atoms with E-state index >= 15 is 0 Å². The van der Waals surface area contributed by atoms with Gasteiger partial charge < -0.3 is 9.47 Å². The molecule has 0 aromatic heterocycles. The van der Waals surface area contributed by atoms with Crippen LogP contribution < -0.4 is 9.47 Å². The van der Waals surface area contributed by atoms with E-state index < -0.39 is 0 Å². The number of ether oxygens (including phenoxy) is 2. The minimum Gasteiger partial charge on any atom is -0.493 e. The van der Waals surface area contributed by atoms with Crippen molar-refractivity contribution in [3.63, 3.8) is 0 Å². The van der Waals surface area contributed by atoms with Crippen molar-refractivity contribution in [1.82, 2.24) is 0 Å². The van der Waals surface area contributed by atoms with Crippen molar-refractivity contribution in [2.24, 2.45) is 0 Å². The molecule has 1 atom stereocenters. The SMILES string of the molecule is CCC(C)c1cc(OC)c(OC)cc1C. The second-order valence-corrected chi connectivity index (χ2v) is 3.87. The summed E-state index contributed by atoms with van der Waals surface area (Å²) < 4.78 is 10.6. The van der Waals surface area contributed by atoms with Crippen molar-refractivity contribution in [2.75, 3.05) is 14.2 Å². The molecule has 0 aliphatic carbocycles. The third kappa shape index (κ3) is 2.44. The van der Waals surface area contributed by atoms with Gasteiger partial charge in [0.2, 0.25) is 0 Å². The molecule has 0 radical (unpaired) electrons. The van der Waals surface area contributed by atoms with E-state index in [-0.39, 0.29) is 0 Å². The first-order valence-electron chi connectivity index (χ1n) is 5.36. The zero-order valence-corrected chi connectivity index (χ0v) is 10.3. The van der Waals surface area contributed by atoms with Crippen LogP contribution in [0.15, 0.2) is 12.1 Å². The van der Waals surface area contributed by atoms with Crippen LogP contribution in [0.25, 0.3) is 0 Å². The van der Waals surface area contributed by atoms with Crippen LogP contribution in [0, 0.1) is 6.92 Å². The van der Waals surface area contributed by atoms with E-state index in [0.717, 1.165) is 17.9 Å². The molecule has 0 fully saturated rings. The number of benzene rings is 1. The molecule has 0 aliphatic rings. The average molecular weight is 208 g/mol. The molecule has 0 saturated carbocycles. The topological polar surface area (TPSA) is 18.5 Å². The summed E-state index contributed by atoms with van der Waals surface area (Å²) in [5.41, 5.74) is 2.61. The molecular weight excluding hydrogens is 188 g/mol. The molecule has 0 heterocycles. The first-order valence-corrected chi connectivity index (χ1v) is 5.36. The van der Waals surface area contributed by atoms with Gasteiger partial charge in [0.15, 0.2) is 11.5 Å². The monoisotopic (exact) mass is 208 g/mol. The van der Waals surface area contributed by atoms with Crippen LogP contribution in [0.5, 0.6) is 11.5 Å². The van der Waals surface area contributed by atoms with Gasteiger partial charge in [-0.15, -0.1) is 0 Å². The highest BCUT2D eigenvalue weighted by Crippen LogP contribution is 2.34. The molecule has 0 aliphatic heterocycles. The Hall–Kier alpha value is -1.18. The number of hydrogen-bond donors (Lipinski definition) is 0. The van der Waals surface area contributed by atoms with Crippen LogP contribution >= 0.6 is 0 Å². The molecule has 2 heteroatoms. The molecule has 84 valence electrons. The van der Waals surface area contributed by atoms with Crippen molar-refractivity contribution >= 4 is 0 Å². The number of hydrogen-bond acceptors (Lipinski definition) is 2. The third-order valence-corrected chi connectivity index (χ3v) is 2.92. The van der Waals surface area contributed by atoms with Gasteiger partial charge in [0.05, 0.1) is 14.2 Å². The van der Waals surface area contributed by atoms with E-state index in [2.05, 4.69) is 26.8 Å². The van der Waals surface area contributed by atoms with Gasteiger partial charge >= 0.3 is 0 Å². The molecule has 1 aromatic rings. The number of aryl methyl sites for hydroxylation is 1. The highest BCUT2D eigenvalue weighted by Gasteiger charge is 2.12.